The van der Waals surface area contributed by atoms with E-state index in [1.807, 2.05) is 24.3 Å². The minimum atomic E-state index is -0.289. The second-order valence-electron chi connectivity index (χ2n) is 6.46. The molecule has 3 rings (SSSR count). The van der Waals surface area contributed by atoms with Crippen LogP contribution in [0.2, 0.25) is 0 Å². The summed E-state index contributed by atoms with van der Waals surface area (Å²) in [5.41, 5.74) is 2.36. The number of amides is 1. The highest BCUT2D eigenvalue weighted by molar-refractivity contribution is 5.92. The third kappa shape index (κ3) is 6.27. The third-order valence-corrected chi connectivity index (χ3v) is 4.36. The van der Waals surface area contributed by atoms with E-state index in [0.717, 1.165) is 23.3 Å². The molecule has 1 aromatic heterocycles. The smallest absolute Gasteiger partial charge is 0.271 e. The number of ether oxygens (including phenoxy) is 1. The second-order valence-corrected chi connectivity index (χ2v) is 6.46. The lowest BCUT2D eigenvalue weighted by atomic mass is 10.1. The van der Waals surface area contributed by atoms with Crippen LogP contribution in [0.3, 0.4) is 0 Å². The molecule has 0 atom stereocenters. The van der Waals surface area contributed by atoms with E-state index in [2.05, 4.69) is 20.8 Å². The van der Waals surface area contributed by atoms with Crippen LogP contribution < -0.4 is 15.4 Å². The zero-order valence-electron chi connectivity index (χ0n) is 16.2. The average Bonchev–Trinajstić information content (AvgIpc) is 2.76. The van der Waals surface area contributed by atoms with E-state index in [0.29, 0.717) is 25.3 Å². The molecule has 0 radical (unpaired) electrons. The number of rotatable bonds is 9. The number of carbonyl (C=O) groups is 1. The molecule has 0 aliphatic carbocycles. The summed E-state index contributed by atoms with van der Waals surface area (Å²) in [4.78, 5) is 12.2. The molecule has 0 aliphatic heterocycles. The molecule has 29 heavy (non-hydrogen) atoms. The van der Waals surface area contributed by atoms with Gasteiger partial charge in [0.2, 0.25) is 0 Å². The summed E-state index contributed by atoms with van der Waals surface area (Å²) in [6, 6.07) is 17.5. The Morgan fingerprint density at radius 1 is 0.966 bits per heavy atom. The molecular weight excluding hydrogens is 371 g/mol. The van der Waals surface area contributed by atoms with Gasteiger partial charge in [0.1, 0.15) is 17.4 Å². The van der Waals surface area contributed by atoms with Crippen molar-refractivity contribution in [3.05, 3.63) is 83.3 Å². The summed E-state index contributed by atoms with van der Waals surface area (Å²) in [6.07, 6.45) is 1.42. The minimum absolute atomic E-state index is 0.252. The van der Waals surface area contributed by atoms with Gasteiger partial charge < -0.3 is 15.4 Å². The molecule has 0 saturated heterocycles. The number of hydrogen-bond donors (Lipinski definition) is 2. The lowest BCUT2D eigenvalue weighted by Gasteiger charge is -2.08. The summed E-state index contributed by atoms with van der Waals surface area (Å²) in [5, 5.41) is 14.0. The van der Waals surface area contributed by atoms with Gasteiger partial charge in [-0.3, -0.25) is 4.79 Å². The lowest BCUT2D eigenvalue weighted by Crippen LogP contribution is -2.26. The van der Waals surface area contributed by atoms with Crippen LogP contribution in [0.4, 0.5) is 10.2 Å². The molecular formula is C22H23FN4O2. The van der Waals surface area contributed by atoms with Crippen LogP contribution in [0.5, 0.6) is 5.75 Å². The molecule has 2 aromatic carbocycles. The number of nitrogens with zero attached hydrogens (tertiary/aromatic N) is 2. The summed E-state index contributed by atoms with van der Waals surface area (Å²) in [5.74, 6) is 0.876. The van der Waals surface area contributed by atoms with Crippen molar-refractivity contribution in [2.45, 2.75) is 12.8 Å². The molecule has 150 valence electrons. The molecule has 1 amide bonds. The molecule has 0 spiro atoms. The van der Waals surface area contributed by atoms with Crippen LogP contribution in [0.1, 0.15) is 21.6 Å². The van der Waals surface area contributed by atoms with Gasteiger partial charge in [0.05, 0.1) is 7.11 Å². The van der Waals surface area contributed by atoms with Crippen molar-refractivity contribution < 1.29 is 13.9 Å². The Morgan fingerprint density at radius 3 is 2.48 bits per heavy atom. The van der Waals surface area contributed by atoms with Crippen molar-refractivity contribution in [2.24, 2.45) is 0 Å². The fourth-order valence-electron chi connectivity index (χ4n) is 2.77. The molecule has 0 bridgehead atoms. The Morgan fingerprint density at radius 2 is 1.76 bits per heavy atom. The van der Waals surface area contributed by atoms with E-state index < -0.39 is 0 Å². The first-order chi connectivity index (χ1) is 14.1. The lowest BCUT2D eigenvalue weighted by molar-refractivity contribution is 0.0948. The van der Waals surface area contributed by atoms with E-state index in [1.54, 1.807) is 31.4 Å². The molecule has 0 fully saturated rings. The summed E-state index contributed by atoms with van der Waals surface area (Å²) in [6.45, 7) is 1.12. The molecule has 7 heteroatoms. The summed E-state index contributed by atoms with van der Waals surface area (Å²) >= 11 is 0. The second kappa shape index (κ2) is 10.2. The van der Waals surface area contributed by atoms with Crippen molar-refractivity contribution in [1.29, 1.82) is 0 Å². The Kier molecular flexibility index (Phi) is 7.10. The largest absolute Gasteiger partial charge is 0.497 e. The average molecular weight is 394 g/mol. The maximum absolute atomic E-state index is 12.9. The number of nitrogens with one attached hydrogen (secondary N) is 2. The van der Waals surface area contributed by atoms with Gasteiger partial charge in [-0.2, -0.15) is 0 Å². The predicted molar refractivity (Wildman–Crippen MR) is 110 cm³/mol. The van der Waals surface area contributed by atoms with Gasteiger partial charge in [-0.1, -0.05) is 24.3 Å². The van der Waals surface area contributed by atoms with Crippen molar-refractivity contribution in [3.8, 4) is 5.75 Å². The fourth-order valence-corrected chi connectivity index (χ4v) is 2.77. The van der Waals surface area contributed by atoms with Crippen molar-refractivity contribution >= 4 is 11.7 Å². The predicted octanol–water partition coefficient (Wildman–Crippen LogP) is 3.25. The van der Waals surface area contributed by atoms with E-state index in [4.69, 9.17) is 4.74 Å². The summed E-state index contributed by atoms with van der Waals surface area (Å²) in [7, 11) is 1.65. The highest BCUT2D eigenvalue weighted by Gasteiger charge is 2.08. The quantitative estimate of drug-likeness (QED) is 0.583. The first kappa shape index (κ1) is 20.3. The monoisotopic (exact) mass is 394 g/mol. The van der Waals surface area contributed by atoms with Gasteiger partial charge in [0, 0.05) is 13.1 Å². The van der Waals surface area contributed by atoms with Gasteiger partial charge in [-0.05, 0) is 60.4 Å². The number of hydrogen-bond acceptors (Lipinski definition) is 5. The number of benzene rings is 2. The van der Waals surface area contributed by atoms with Crippen molar-refractivity contribution in [1.82, 2.24) is 15.5 Å². The van der Waals surface area contributed by atoms with Crippen LogP contribution in [0.15, 0.2) is 60.7 Å². The highest BCUT2D eigenvalue weighted by Crippen LogP contribution is 2.13. The van der Waals surface area contributed by atoms with E-state index >= 15 is 0 Å². The molecule has 1 heterocycles. The standard InChI is InChI=1S/C22H23FN4O2/c1-29-19-4-2-3-17(15-19)12-13-24-21-10-9-20(26-27-21)22(28)25-14-11-16-5-7-18(23)8-6-16/h2-10,15H,11-14H2,1H3,(H,24,27)(H,25,28). The number of halogens is 1. The molecule has 0 saturated carbocycles. The molecule has 3 aromatic rings. The highest BCUT2D eigenvalue weighted by atomic mass is 19.1. The Labute approximate surface area is 169 Å². The zero-order valence-corrected chi connectivity index (χ0v) is 16.2. The number of methoxy groups -OCH3 is 1. The van der Waals surface area contributed by atoms with Gasteiger partial charge in [0.15, 0.2) is 5.69 Å². The zero-order chi connectivity index (χ0) is 20.5. The number of carbonyl (C=O) groups excluding carboxylic acids is 1. The van der Waals surface area contributed by atoms with Crippen molar-refractivity contribution in [3.63, 3.8) is 0 Å². The van der Waals surface area contributed by atoms with E-state index in [1.165, 1.54) is 12.1 Å². The van der Waals surface area contributed by atoms with Gasteiger partial charge in [0.25, 0.3) is 5.91 Å². The van der Waals surface area contributed by atoms with Crippen LogP contribution in [0, 0.1) is 5.82 Å². The maximum atomic E-state index is 12.9. The van der Waals surface area contributed by atoms with Gasteiger partial charge >= 0.3 is 0 Å². The van der Waals surface area contributed by atoms with Gasteiger partial charge in [-0.15, -0.1) is 10.2 Å². The van der Waals surface area contributed by atoms with Crippen LogP contribution >= 0.6 is 0 Å². The van der Waals surface area contributed by atoms with Crippen LogP contribution in [-0.4, -0.2) is 36.3 Å². The number of anilines is 1. The van der Waals surface area contributed by atoms with Gasteiger partial charge in [-0.25, -0.2) is 4.39 Å². The minimum Gasteiger partial charge on any atom is -0.497 e. The molecule has 6 nitrogen and oxygen atoms in total. The van der Waals surface area contributed by atoms with Crippen LogP contribution in [0.25, 0.3) is 0 Å². The number of aromatic nitrogens is 2. The Balaban J connectivity index is 1.42. The van der Waals surface area contributed by atoms with E-state index in [9.17, 15) is 9.18 Å². The summed E-state index contributed by atoms with van der Waals surface area (Å²) < 4.78 is 18.1. The topological polar surface area (TPSA) is 76.1 Å². The first-order valence-corrected chi connectivity index (χ1v) is 9.37. The molecule has 0 aliphatic rings. The first-order valence-electron chi connectivity index (χ1n) is 9.37. The molecule has 2 N–H and O–H groups in total. The Hall–Kier alpha value is -3.48. The SMILES string of the molecule is COc1cccc(CCNc2ccc(C(=O)NCCc3ccc(F)cc3)nn2)c1. The van der Waals surface area contributed by atoms with Crippen molar-refractivity contribution in [2.75, 3.05) is 25.5 Å². The van der Waals surface area contributed by atoms with Crippen LogP contribution in [-0.2, 0) is 12.8 Å². The third-order valence-electron chi connectivity index (χ3n) is 4.36. The normalized spacial score (nSPS) is 10.4. The Bertz CT molecular complexity index is 930. The fraction of sp³-hybridized carbons (Fsp3) is 0.227. The van der Waals surface area contributed by atoms with E-state index in [-0.39, 0.29) is 17.4 Å². The molecule has 0 unspecified atom stereocenters. The maximum Gasteiger partial charge on any atom is 0.271 e.